The fraction of sp³-hybridized carbons (Fsp3) is 0.417. The van der Waals surface area contributed by atoms with E-state index in [9.17, 15) is 4.79 Å². The number of carbonyl (C=O) groups excluding carboxylic acids is 1. The number of carbonyl (C=O) groups is 1. The van der Waals surface area contributed by atoms with Crippen LogP contribution in [0.4, 0.5) is 5.69 Å². The third-order valence-electron chi connectivity index (χ3n) is 2.06. The molecule has 0 amide bonds. The number of nitrogen functional groups attached to an aromatic ring is 1. The average Bonchev–Trinajstić information content (AvgIpc) is 2.27. The molecule has 1 aromatic rings. The van der Waals surface area contributed by atoms with E-state index in [0.717, 1.165) is 0 Å². The van der Waals surface area contributed by atoms with Gasteiger partial charge in [0.2, 0.25) is 0 Å². The highest BCUT2D eigenvalue weighted by atomic mass is 16.6. The van der Waals surface area contributed by atoms with Crippen LogP contribution in [0.2, 0.25) is 0 Å². The minimum Gasteiger partial charge on any atom is -0.480 e. The van der Waals surface area contributed by atoms with Crippen molar-refractivity contribution in [2.75, 3.05) is 18.9 Å². The number of nitrogens with two attached hydrogens (primary N) is 1. The molecule has 17 heavy (non-hydrogen) atoms. The first-order chi connectivity index (χ1) is 8.09. The molecule has 0 aliphatic carbocycles. The number of hydrogen-bond donors (Lipinski definition) is 2. The van der Waals surface area contributed by atoms with Gasteiger partial charge in [-0.05, 0) is 19.1 Å². The van der Waals surface area contributed by atoms with Crippen LogP contribution in [0.5, 0.6) is 5.75 Å². The fourth-order valence-electron chi connectivity index (χ4n) is 1.13. The van der Waals surface area contributed by atoms with Crippen molar-refractivity contribution in [1.29, 1.82) is 0 Å². The van der Waals surface area contributed by atoms with E-state index in [1.807, 2.05) is 0 Å². The Bertz CT molecular complexity index is 365. The van der Waals surface area contributed by atoms with Gasteiger partial charge in [0.25, 0.3) is 0 Å². The number of benzene rings is 1. The summed E-state index contributed by atoms with van der Waals surface area (Å²) in [5.74, 6) is -0.0196. The topological polar surface area (TPSA) is 81.8 Å². The number of hydrogen-bond acceptors (Lipinski definition) is 5. The predicted octanol–water partition coefficient (Wildman–Crippen LogP) is 0.962. The van der Waals surface area contributed by atoms with E-state index < -0.39 is 12.1 Å². The number of ether oxygens (including phenoxy) is 2. The lowest BCUT2D eigenvalue weighted by atomic mass is 10.3. The molecule has 1 unspecified atom stereocenters. The van der Waals surface area contributed by atoms with Gasteiger partial charge in [-0.2, -0.15) is 0 Å². The molecule has 1 rings (SSSR count). The maximum Gasteiger partial charge on any atom is 0.344 e. The zero-order valence-electron chi connectivity index (χ0n) is 9.76. The van der Waals surface area contributed by atoms with Gasteiger partial charge in [0.15, 0.2) is 6.61 Å². The lowest BCUT2D eigenvalue weighted by Gasteiger charge is -2.09. The van der Waals surface area contributed by atoms with E-state index in [2.05, 4.69) is 0 Å². The molecule has 94 valence electrons. The van der Waals surface area contributed by atoms with Crippen LogP contribution in [0.15, 0.2) is 24.3 Å². The summed E-state index contributed by atoms with van der Waals surface area (Å²) in [6.07, 6.45) is -0.0624. The number of aliphatic hydroxyl groups is 1. The molecule has 1 aromatic carbocycles. The first-order valence-electron chi connectivity index (χ1n) is 5.40. The normalized spacial score (nSPS) is 11.9. The predicted molar refractivity (Wildman–Crippen MR) is 63.6 cm³/mol. The molecule has 1 atom stereocenters. The number of aliphatic hydroxyl groups excluding tert-OH is 1. The van der Waals surface area contributed by atoms with Crippen molar-refractivity contribution in [2.45, 2.75) is 19.4 Å². The van der Waals surface area contributed by atoms with Crippen LogP contribution in [-0.4, -0.2) is 30.4 Å². The molecule has 0 heterocycles. The van der Waals surface area contributed by atoms with Crippen LogP contribution in [0.25, 0.3) is 0 Å². The highest BCUT2D eigenvalue weighted by Crippen LogP contribution is 2.19. The van der Waals surface area contributed by atoms with Gasteiger partial charge in [0, 0.05) is 6.42 Å². The second-order valence-electron chi connectivity index (χ2n) is 3.68. The Morgan fingerprint density at radius 3 is 2.82 bits per heavy atom. The Kier molecular flexibility index (Phi) is 5.29. The number of esters is 1. The summed E-state index contributed by atoms with van der Waals surface area (Å²) in [4.78, 5) is 11.2. The molecule has 0 bridgehead atoms. The average molecular weight is 239 g/mol. The smallest absolute Gasteiger partial charge is 0.344 e. The van der Waals surface area contributed by atoms with Gasteiger partial charge in [0.1, 0.15) is 5.75 Å². The lowest BCUT2D eigenvalue weighted by Crippen LogP contribution is -2.17. The maximum atomic E-state index is 11.2. The zero-order chi connectivity index (χ0) is 12.7. The Morgan fingerprint density at radius 1 is 1.47 bits per heavy atom. The van der Waals surface area contributed by atoms with Crippen molar-refractivity contribution in [2.24, 2.45) is 0 Å². The molecule has 0 saturated carbocycles. The quantitative estimate of drug-likeness (QED) is 0.571. The Balaban J connectivity index is 2.26. The largest absolute Gasteiger partial charge is 0.480 e. The van der Waals surface area contributed by atoms with Crippen molar-refractivity contribution in [3.63, 3.8) is 0 Å². The fourth-order valence-corrected chi connectivity index (χ4v) is 1.13. The van der Waals surface area contributed by atoms with Gasteiger partial charge >= 0.3 is 5.97 Å². The minimum absolute atomic E-state index is 0.185. The minimum atomic E-state index is -0.478. The molecule has 0 fully saturated rings. The standard InChI is InChI=1S/C12H17NO4/c1-9(14)6-7-16-12(15)8-17-11-5-3-2-4-10(11)13/h2-5,9,14H,6-8,13H2,1H3. The number of anilines is 1. The van der Waals surface area contributed by atoms with Gasteiger partial charge in [0.05, 0.1) is 18.4 Å². The first kappa shape index (κ1) is 13.3. The van der Waals surface area contributed by atoms with Crippen molar-refractivity contribution in [1.82, 2.24) is 0 Å². The molecule has 5 nitrogen and oxygen atoms in total. The third-order valence-corrected chi connectivity index (χ3v) is 2.06. The number of para-hydroxylation sites is 2. The van der Waals surface area contributed by atoms with Crippen molar-refractivity contribution in [3.05, 3.63) is 24.3 Å². The molecular weight excluding hydrogens is 222 g/mol. The number of rotatable bonds is 6. The van der Waals surface area contributed by atoms with Gasteiger partial charge in [-0.1, -0.05) is 12.1 Å². The Hall–Kier alpha value is -1.75. The van der Waals surface area contributed by atoms with Crippen molar-refractivity contribution >= 4 is 11.7 Å². The van der Waals surface area contributed by atoms with Crippen LogP contribution >= 0.6 is 0 Å². The van der Waals surface area contributed by atoms with Gasteiger partial charge in [-0.25, -0.2) is 4.79 Å². The summed E-state index contributed by atoms with van der Waals surface area (Å²) in [5.41, 5.74) is 6.11. The molecule has 0 saturated heterocycles. The van der Waals surface area contributed by atoms with Crippen LogP contribution < -0.4 is 10.5 Å². The molecule has 0 aliphatic heterocycles. The molecular formula is C12H17NO4. The highest BCUT2D eigenvalue weighted by molar-refractivity contribution is 5.71. The molecule has 0 radical (unpaired) electrons. The SMILES string of the molecule is CC(O)CCOC(=O)COc1ccccc1N. The van der Waals surface area contributed by atoms with E-state index in [4.69, 9.17) is 20.3 Å². The van der Waals surface area contributed by atoms with Gasteiger partial charge in [-0.3, -0.25) is 0 Å². The van der Waals surface area contributed by atoms with Crippen LogP contribution in [0, 0.1) is 0 Å². The second kappa shape index (κ2) is 6.75. The summed E-state index contributed by atoms with van der Waals surface area (Å²) >= 11 is 0. The van der Waals surface area contributed by atoms with Crippen LogP contribution in [-0.2, 0) is 9.53 Å². The summed E-state index contributed by atoms with van der Waals surface area (Å²) in [5, 5.41) is 8.97. The molecule has 5 heteroatoms. The van der Waals surface area contributed by atoms with Crippen molar-refractivity contribution in [3.8, 4) is 5.75 Å². The molecule has 0 spiro atoms. The van der Waals surface area contributed by atoms with Gasteiger partial charge < -0.3 is 20.3 Å². The Labute approximate surface area is 100 Å². The summed E-state index contributed by atoms with van der Waals surface area (Å²) in [6.45, 7) is 1.63. The first-order valence-corrected chi connectivity index (χ1v) is 5.40. The molecule has 0 aromatic heterocycles. The summed E-state index contributed by atoms with van der Waals surface area (Å²) in [6, 6.07) is 6.92. The Morgan fingerprint density at radius 2 is 2.18 bits per heavy atom. The highest BCUT2D eigenvalue weighted by Gasteiger charge is 2.06. The van der Waals surface area contributed by atoms with Crippen LogP contribution in [0.1, 0.15) is 13.3 Å². The summed E-state index contributed by atoms with van der Waals surface area (Å²) < 4.78 is 10.0. The molecule has 3 N–H and O–H groups in total. The van der Waals surface area contributed by atoms with E-state index in [1.165, 1.54) is 0 Å². The van der Waals surface area contributed by atoms with Crippen LogP contribution in [0.3, 0.4) is 0 Å². The summed E-state index contributed by atoms with van der Waals surface area (Å²) in [7, 11) is 0. The maximum absolute atomic E-state index is 11.2. The molecule has 0 aliphatic rings. The lowest BCUT2D eigenvalue weighted by molar-refractivity contribution is -0.146. The monoisotopic (exact) mass is 239 g/mol. The van der Waals surface area contributed by atoms with Crippen molar-refractivity contribution < 1.29 is 19.4 Å². The van der Waals surface area contributed by atoms with E-state index >= 15 is 0 Å². The van der Waals surface area contributed by atoms with E-state index in [-0.39, 0.29) is 13.2 Å². The second-order valence-corrected chi connectivity index (χ2v) is 3.68. The zero-order valence-corrected chi connectivity index (χ0v) is 9.76. The van der Waals surface area contributed by atoms with Gasteiger partial charge in [-0.15, -0.1) is 0 Å². The van der Waals surface area contributed by atoms with E-state index in [0.29, 0.717) is 17.9 Å². The third kappa shape index (κ3) is 5.21. The van der Waals surface area contributed by atoms with E-state index in [1.54, 1.807) is 31.2 Å².